The molecule has 1 aliphatic heterocycles. The Balaban J connectivity index is 1.28. The number of hydrogen-bond acceptors (Lipinski definition) is 3. The van der Waals surface area contributed by atoms with E-state index in [0.717, 1.165) is 85.3 Å². The Bertz CT molecular complexity index is 929. The van der Waals surface area contributed by atoms with Crippen LogP contribution in [0.5, 0.6) is 5.75 Å². The highest BCUT2D eigenvalue weighted by Gasteiger charge is 2.40. The van der Waals surface area contributed by atoms with Gasteiger partial charge in [0, 0.05) is 36.1 Å². The molecule has 1 aliphatic carbocycles. The summed E-state index contributed by atoms with van der Waals surface area (Å²) in [5.74, 6) is 3.51. The fraction of sp³-hybridized carbons (Fsp3) is 0.667. The molecule has 34 heavy (non-hydrogen) atoms. The summed E-state index contributed by atoms with van der Waals surface area (Å²) in [6.45, 7) is 8.43. The van der Waals surface area contributed by atoms with Crippen LogP contribution in [-0.4, -0.2) is 55.4 Å². The molecule has 2 radical (unpaired) electrons. The molecular weight excluding hydrogens is 440 g/mol. The number of carbonyl (C=O) groups is 1. The van der Waals surface area contributed by atoms with Crippen molar-refractivity contribution in [3.8, 4) is 5.75 Å². The maximum absolute atomic E-state index is 12.8. The summed E-state index contributed by atoms with van der Waals surface area (Å²) in [4.78, 5) is 18.6. The van der Waals surface area contributed by atoms with E-state index in [-0.39, 0.29) is 17.4 Å². The number of amides is 1. The van der Waals surface area contributed by atoms with Gasteiger partial charge in [-0.1, -0.05) is 32.2 Å². The van der Waals surface area contributed by atoms with Crippen LogP contribution in [0.15, 0.2) is 24.4 Å². The summed E-state index contributed by atoms with van der Waals surface area (Å²) < 4.78 is 6.17. The van der Waals surface area contributed by atoms with Gasteiger partial charge in [-0.2, -0.15) is 0 Å². The van der Waals surface area contributed by atoms with Gasteiger partial charge in [0.05, 0.1) is 20.1 Å². The molecule has 2 aliphatic rings. The summed E-state index contributed by atoms with van der Waals surface area (Å²) in [6.07, 6.45) is 9.56. The molecule has 1 aromatic heterocycles. The van der Waals surface area contributed by atoms with E-state index in [4.69, 9.17) is 12.6 Å². The van der Waals surface area contributed by atoms with Gasteiger partial charge in [-0.3, -0.25) is 4.79 Å². The van der Waals surface area contributed by atoms with E-state index in [0.29, 0.717) is 0 Å². The van der Waals surface area contributed by atoms with Crippen molar-refractivity contribution in [1.82, 2.24) is 9.88 Å². The minimum absolute atomic E-state index is 0.0787. The van der Waals surface area contributed by atoms with E-state index < -0.39 is 0 Å². The number of likely N-dealkylation sites (tertiary alicyclic amines) is 1. The maximum Gasteiger partial charge on any atom is 0.227 e. The zero-order chi connectivity index (χ0) is 24.1. The highest BCUT2D eigenvalue weighted by atomic mass is 31.0. The molecule has 2 N–H and O–H groups in total. The fourth-order valence-electron chi connectivity index (χ4n) is 6.18. The van der Waals surface area contributed by atoms with Crippen molar-refractivity contribution in [1.29, 1.82) is 0 Å². The Morgan fingerprint density at radius 1 is 1.24 bits per heavy atom. The molecule has 1 saturated heterocycles. The normalized spacial score (nSPS) is 23.5. The van der Waals surface area contributed by atoms with Gasteiger partial charge in [0.25, 0.3) is 0 Å². The predicted octanol–water partition coefficient (Wildman–Crippen LogP) is 5.42. The van der Waals surface area contributed by atoms with E-state index in [1.807, 2.05) is 18.3 Å². The zero-order valence-electron chi connectivity index (χ0n) is 20.9. The summed E-state index contributed by atoms with van der Waals surface area (Å²) in [5.41, 5.74) is 2.05. The first kappa shape index (κ1) is 25.6. The SMILES string of the molecule is [B]C(P)CN1CC2CC(CCOc3ccc4[nH]cc(NC(=O)C(CCC)CCC)c4c3)CC2C1. The van der Waals surface area contributed by atoms with Gasteiger partial charge in [0.2, 0.25) is 5.91 Å². The number of rotatable bonds is 12. The van der Waals surface area contributed by atoms with Crippen LogP contribution in [0.2, 0.25) is 0 Å². The second kappa shape index (κ2) is 11.9. The molecule has 184 valence electrons. The van der Waals surface area contributed by atoms with Crippen molar-refractivity contribution >= 4 is 39.6 Å². The zero-order valence-corrected chi connectivity index (χ0v) is 22.0. The fourth-order valence-corrected chi connectivity index (χ4v) is 6.48. The van der Waals surface area contributed by atoms with Crippen LogP contribution >= 0.6 is 9.24 Å². The molecule has 1 aromatic carbocycles. The van der Waals surface area contributed by atoms with Crippen LogP contribution in [0, 0.1) is 23.7 Å². The molecule has 0 spiro atoms. The monoisotopic (exact) mass is 481 g/mol. The third kappa shape index (κ3) is 6.37. The molecule has 4 atom stereocenters. The Morgan fingerprint density at radius 3 is 2.59 bits per heavy atom. The van der Waals surface area contributed by atoms with Crippen LogP contribution in [0.1, 0.15) is 58.8 Å². The van der Waals surface area contributed by atoms with Crippen LogP contribution < -0.4 is 10.1 Å². The molecule has 1 saturated carbocycles. The average Bonchev–Trinajstić information content (AvgIpc) is 3.46. The number of carbonyl (C=O) groups excluding carboxylic acids is 1. The van der Waals surface area contributed by atoms with Crippen LogP contribution in [0.3, 0.4) is 0 Å². The van der Waals surface area contributed by atoms with Crippen LogP contribution in [0.25, 0.3) is 10.9 Å². The van der Waals surface area contributed by atoms with E-state index in [2.05, 4.69) is 44.4 Å². The lowest BCUT2D eigenvalue weighted by Crippen LogP contribution is -2.29. The summed E-state index contributed by atoms with van der Waals surface area (Å²) in [6, 6.07) is 6.12. The first-order valence-electron chi connectivity index (χ1n) is 13.2. The smallest absolute Gasteiger partial charge is 0.227 e. The summed E-state index contributed by atoms with van der Waals surface area (Å²) >= 11 is 0. The van der Waals surface area contributed by atoms with Crippen molar-refractivity contribution in [2.24, 2.45) is 23.7 Å². The molecule has 4 unspecified atom stereocenters. The van der Waals surface area contributed by atoms with Crippen molar-refractivity contribution in [3.05, 3.63) is 24.4 Å². The molecular formula is C27H41BN3O2P. The number of aromatic amines is 1. The predicted molar refractivity (Wildman–Crippen MR) is 146 cm³/mol. The number of hydrogen-bond donors (Lipinski definition) is 2. The first-order valence-corrected chi connectivity index (χ1v) is 13.9. The number of nitrogens with zero attached hydrogens (tertiary/aromatic N) is 1. The molecule has 7 heteroatoms. The summed E-state index contributed by atoms with van der Waals surface area (Å²) in [7, 11) is 8.66. The lowest BCUT2D eigenvalue weighted by atomic mass is 9.97. The number of aromatic nitrogens is 1. The van der Waals surface area contributed by atoms with Gasteiger partial charge in [-0.05, 0) is 74.6 Å². The Labute approximate surface area is 208 Å². The number of benzene rings is 1. The van der Waals surface area contributed by atoms with E-state index >= 15 is 0 Å². The number of nitrogens with one attached hydrogen (secondary N) is 2. The summed E-state index contributed by atoms with van der Waals surface area (Å²) in [5, 5.41) is 4.18. The minimum atomic E-state index is 0.0787. The van der Waals surface area contributed by atoms with Gasteiger partial charge in [-0.25, -0.2) is 0 Å². The van der Waals surface area contributed by atoms with Gasteiger partial charge >= 0.3 is 0 Å². The molecule has 2 aromatic rings. The maximum atomic E-state index is 12.8. The minimum Gasteiger partial charge on any atom is -0.494 e. The largest absolute Gasteiger partial charge is 0.494 e. The van der Waals surface area contributed by atoms with Crippen LogP contribution in [-0.2, 0) is 4.79 Å². The van der Waals surface area contributed by atoms with Crippen LogP contribution in [0.4, 0.5) is 5.69 Å². The lowest BCUT2D eigenvalue weighted by molar-refractivity contribution is -0.120. The highest BCUT2D eigenvalue weighted by molar-refractivity contribution is 7.20. The lowest BCUT2D eigenvalue weighted by Gasteiger charge is -2.20. The molecule has 2 heterocycles. The average molecular weight is 481 g/mol. The Morgan fingerprint density at radius 2 is 1.94 bits per heavy atom. The molecule has 4 rings (SSSR count). The van der Waals surface area contributed by atoms with E-state index in [9.17, 15) is 4.79 Å². The quantitative estimate of drug-likeness (QED) is 0.315. The first-order chi connectivity index (χ1) is 16.5. The standard InChI is InChI=1S/C27H41BN3O2P/c1-3-5-19(6-4-2)27(32)30-25-14-29-24-8-7-22(13-23(24)25)33-10-9-18-11-20-15-31(17-26(28)34)16-21(20)12-18/h7-8,13-14,18-21,26,29H,3-6,9-12,15-17,34H2,1-2H3,(H,30,32). The Kier molecular flexibility index (Phi) is 8.99. The molecule has 5 nitrogen and oxygen atoms in total. The van der Waals surface area contributed by atoms with E-state index in [1.165, 1.54) is 25.9 Å². The highest BCUT2D eigenvalue weighted by Crippen LogP contribution is 2.43. The topological polar surface area (TPSA) is 57.4 Å². The molecule has 0 bridgehead atoms. The van der Waals surface area contributed by atoms with Crippen molar-refractivity contribution in [2.45, 2.75) is 64.4 Å². The van der Waals surface area contributed by atoms with E-state index in [1.54, 1.807) is 0 Å². The number of ether oxygens (including phenoxy) is 1. The van der Waals surface area contributed by atoms with Gasteiger partial charge in [0.15, 0.2) is 0 Å². The Hall–Kier alpha value is -1.52. The third-order valence-corrected chi connectivity index (χ3v) is 7.96. The van der Waals surface area contributed by atoms with Gasteiger partial charge < -0.3 is 19.9 Å². The van der Waals surface area contributed by atoms with Crippen molar-refractivity contribution < 1.29 is 9.53 Å². The van der Waals surface area contributed by atoms with Gasteiger partial charge in [0.1, 0.15) is 5.75 Å². The second-order valence-corrected chi connectivity index (χ2v) is 11.4. The second-order valence-electron chi connectivity index (χ2n) is 10.6. The third-order valence-electron chi connectivity index (χ3n) is 7.74. The molecule has 1 amide bonds. The number of fused-ring (bicyclic) bond motifs is 2. The van der Waals surface area contributed by atoms with Gasteiger partial charge in [-0.15, -0.1) is 9.24 Å². The molecule has 2 fully saturated rings. The van der Waals surface area contributed by atoms with Crippen molar-refractivity contribution in [2.75, 3.05) is 31.6 Å². The number of anilines is 1. The number of H-pyrrole nitrogens is 1. The van der Waals surface area contributed by atoms with Crippen molar-refractivity contribution in [3.63, 3.8) is 0 Å².